The van der Waals surface area contributed by atoms with Gasteiger partial charge in [0.2, 0.25) is 5.91 Å². The Morgan fingerprint density at radius 1 is 1.19 bits per heavy atom. The van der Waals surface area contributed by atoms with Gasteiger partial charge in [-0.15, -0.1) is 0 Å². The van der Waals surface area contributed by atoms with Crippen LogP contribution in [0.1, 0.15) is 6.92 Å². The minimum absolute atomic E-state index is 0.114. The van der Waals surface area contributed by atoms with Crippen molar-refractivity contribution < 1.29 is 9.59 Å². The molecule has 0 spiro atoms. The van der Waals surface area contributed by atoms with Crippen LogP contribution in [0.4, 0.5) is 10.5 Å². The number of benzene rings is 1. The summed E-state index contributed by atoms with van der Waals surface area (Å²) < 4.78 is 0. The van der Waals surface area contributed by atoms with Crippen LogP contribution < -0.4 is 4.90 Å². The Hall–Kier alpha value is -1.84. The first kappa shape index (κ1) is 10.7. The minimum atomic E-state index is -0.255. The summed E-state index contributed by atoms with van der Waals surface area (Å²) in [4.78, 5) is 26.3. The van der Waals surface area contributed by atoms with E-state index in [1.54, 1.807) is 4.90 Å². The van der Waals surface area contributed by atoms with Gasteiger partial charge in [-0.1, -0.05) is 25.1 Å². The quantitative estimate of drug-likeness (QED) is 0.720. The molecule has 4 nitrogen and oxygen atoms in total. The van der Waals surface area contributed by atoms with Gasteiger partial charge in [0.1, 0.15) is 0 Å². The van der Waals surface area contributed by atoms with Crippen LogP contribution in [0, 0.1) is 5.92 Å². The molecule has 1 aromatic carbocycles. The Morgan fingerprint density at radius 2 is 1.81 bits per heavy atom. The van der Waals surface area contributed by atoms with E-state index >= 15 is 0 Å². The lowest BCUT2D eigenvalue weighted by Crippen LogP contribution is -2.54. The molecule has 0 radical (unpaired) electrons. The summed E-state index contributed by atoms with van der Waals surface area (Å²) in [7, 11) is 1.52. The molecular formula is C12H14N2O2. The zero-order chi connectivity index (χ0) is 11.7. The van der Waals surface area contributed by atoms with Gasteiger partial charge in [0, 0.05) is 19.3 Å². The Morgan fingerprint density at radius 3 is 2.44 bits per heavy atom. The van der Waals surface area contributed by atoms with Gasteiger partial charge in [0.25, 0.3) is 0 Å². The lowest BCUT2D eigenvalue weighted by Gasteiger charge is -2.35. The first-order valence-electron chi connectivity index (χ1n) is 5.25. The molecule has 1 fully saturated rings. The van der Waals surface area contributed by atoms with Crippen LogP contribution in [0.2, 0.25) is 0 Å². The molecule has 1 saturated heterocycles. The number of nitrogens with zero attached hydrogens (tertiary/aromatic N) is 2. The van der Waals surface area contributed by atoms with E-state index in [1.807, 2.05) is 37.3 Å². The molecule has 0 N–H and O–H groups in total. The maximum Gasteiger partial charge on any atom is 0.330 e. The van der Waals surface area contributed by atoms with Gasteiger partial charge in [-0.2, -0.15) is 0 Å². The molecule has 4 heteroatoms. The molecule has 3 amide bonds. The first-order chi connectivity index (χ1) is 7.61. The van der Waals surface area contributed by atoms with Crippen molar-refractivity contribution in [3.8, 4) is 0 Å². The second-order valence-electron chi connectivity index (χ2n) is 4.03. The summed E-state index contributed by atoms with van der Waals surface area (Å²) in [6.45, 7) is 2.28. The fourth-order valence-corrected chi connectivity index (χ4v) is 1.86. The lowest BCUT2D eigenvalue weighted by molar-refractivity contribution is -0.131. The largest absolute Gasteiger partial charge is 0.330 e. The van der Waals surface area contributed by atoms with Crippen LogP contribution in [0.25, 0.3) is 0 Å². The number of anilines is 1. The smallest absolute Gasteiger partial charge is 0.293 e. The van der Waals surface area contributed by atoms with Crippen molar-refractivity contribution in [1.82, 2.24) is 4.90 Å². The first-order valence-corrected chi connectivity index (χ1v) is 5.25. The van der Waals surface area contributed by atoms with Crippen molar-refractivity contribution in [2.75, 3.05) is 18.5 Å². The van der Waals surface area contributed by atoms with Crippen molar-refractivity contribution in [1.29, 1.82) is 0 Å². The lowest BCUT2D eigenvalue weighted by atomic mass is 10.1. The summed E-state index contributed by atoms with van der Waals surface area (Å²) in [5.74, 6) is -0.264. The molecule has 0 bridgehead atoms. The monoisotopic (exact) mass is 218 g/mol. The van der Waals surface area contributed by atoms with E-state index in [0.29, 0.717) is 6.54 Å². The van der Waals surface area contributed by atoms with Gasteiger partial charge in [0.15, 0.2) is 0 Å². The molecule has 0 saturated carbocycles. The van der Waals surface area contributed by atoms with Crippen LogP contribution in [-0.2, 0) is 4.79 Å². The third kappa shape index (κ3) is 1.66. The summed E-state index contributed by atoms with van der Waals surface area (Å²) in [6, 6.07) is 9.14. The van der Waals surface area contributed by atoms with Gasteiger partial charge in [-0.3, -0.25) is 14.6 Å². The predicted octanol–water partition coefficient (Wildman–Crippen LogP) is 1.72. The van der Waals surface area contributed by atoms with Gasteiger partial charge in [-0.05, 0) is 12.1 Å². The second-order valence-corrected chi connectivity index (χ2v) is 4.03. The molecule has 0 aromatic heterocycles. The molecule has 16 heavy (non-hydrogen) atoms. The van der Waals surface area contributed by atoms with Crippen molar-refractivity contribution >= 4 is 17.6 Å². The minimum Gasteiger partial charge on any atom is -0.293 e. The summed E-state index contributed by atoms with van der Waals surface area (Å²) >= 11 is 0. The van der Waals surface area contributed by atoms with Crippen LogP contribution >= 0.6 is 0 Å². The molecule has 84 valence electrons. The molecule has 1 unspecified atom stereocenters. The number of imide groups is 1. The van der Waals surface area contributed by atoms with E-state index in [9.17, 15) is 9.59 Å². The number of amides is 3. The van der Waals surface area contributed by atoms with E-state index in [4.69, 9.17) is 0 Å². The number of para-hydroxylation sites is 1. The normalized spacial score (nSPS) is 21.5. The summed E-state index contributed by atoms with van der Waals surface area (Å²) in [5.41, 5.74) is 0.832. The van der Waals surface area contributed by atoms with Crippen LogP contribution in [0.3, 0.4) is 0 Å². The molecule has 0 aliphatic carbocycles. The molecule has 1 aliphatic rings. The SMILES string of the molecule is CC1CN(c2ccccc2)C(=O)N(C)C1=O. The number of hydrogen-bond donors (Lipinski definition) is 0. The van der Waals surface area contributed by atoms with E-state index in [2.05, 4.69) is 0 Å². The Labute approximate surface area is 94.5 Å². The Balaban J connectivity index is 2.30. The van der Waals surface area contributed by atoms with Crippen LogP contribution in [0.5, 0.6) is 0 Å². The molecular weight excluding hydrogens is 204 g/mol. The Bertz CT molecular complexity index is 416. The molecule has 1 aromatic rings. The maximum absolute atomic E-state index is 11.9. The van der Waals surface area contributed by atoms with Gasteiger partial charge >= 0.3 is 6.03 Å². The van der Waals surface area contributed by atoms with E-state index in [1.165, 1.54) is 11.9 Å². The third-order valence-electron chi connectivity index (χ3n) is 2.79. The molecule has 1 aliphatic heterocycles. The molecule has 1 atom stereocenters. The zero-order valence-corrected chi connectivity index (χ0v) is 9.38. The zero-order valence-electron chi connectivity index (χ0n) is 9.38. The summed E-state index contributed by atoms with van der Waals surface area (Å²) in [6.07, 6.45) is 0. The second kappa shape index (κ2) is 3.96. The predicted molar refractivity (Wildman–Crippen MR) is 61.1 cm³/mol. The number of carbonyl (C=O) groups excluding carboxylic acids is 2. The highest BCUT2D eigenvalue weighted by molar-refractivity contribution is 6.06. The van der Waals surface area contributed by atoms with Gasteiger partial charge < -0.3 is 0 Å². The number of hydrogen-bond acceptors (Lipinski definition) is 2. The number of urea groups is 1. The molecule has 1 heterocycles. The van der Waals surface area contributed by atoms with Gasteiger partial charge in [0.05, 0.1) is 5.92 Å². The highest BCUT2D eigenvalue weighted by Gasteiger charge is 2.34. The van der Waals surface area contributed by atoms with Crippen molar-refractivity contribution in [3.05, 3.63) is 30.3 Å². The fourth-order valence-electron chi connectivity index (χ4n) is 1.86. The maximum atomic E-state index is 11.9. The highest BCUT2D eigenvalue weighted by atomic mass is 16.2. The van der Waals surface area contributed by atoms with Crippen LogP contribution in [-0.4, -0.2) is 30.4 Å². The number of carbonyl (C=O) groups is 2. The average Bonchev–Trinajstić information content (AvgIpc) is 2.32. The average molecular weight is 218 g/mol. The van der Waals surface area contributed by atoms with E-state index in [0.717, 1.165) is 5.69 Å². The molecule has 2 rings (SSSR count). The van der Waals surface area contributed by atoms with E-state index in [-0.39, 0.29) is 17.9 Å². The van der Waals surface area contributed by atoms with Gasteiger partial charge in [-0.25, -0.2) is 4.79 Å². The third-order valence-corrected chi connectivity index (χ3v) is 2.79. The standard InChI is InChI=1S/C12H14N2O2/c1-9-8-14(10-6-4-3-5-7-10)12(16)13(2)11(9)15/h3-7,9H,8H2,1-2H3. The van der Waals surface area contributed by atoms with Crippen LogP contribution in [0.15, 0.2) is 30.3 Å². The highest BCUT2D eigenvalue weighted by Crippen LogP contribution is 2.21. The van der Waals surface area contributed by atoms with Crippen molar-refractivity contribution in [2.45, 2.75) is 6.92 Å². The van der Waals surface area contributed by atoms with Crippen molar-refractivity contribution in [3.63, 3.8) is 0 Å². The Kier molecular flexibility index (Phi) is 2.64. The number of rotatable bonds is 1. The fraction of sp³-hybridized carbons (Fsp3) is 0.333. The van der Waals surface area contributed by atoms with E-state index < -0.39 is 0 Å². The van der Waals surface area contributed by atoms with Crippen molar-refractivity contribution in [2.24, 2.45) is 5.92 Å². The topological polar surface area (TPSA) is 40.6 Å². The summed E-state index contributed by atoms with van der Waals surface area (Å²) in [5, 5.41) is 0.